The predicted octanol–water partition coefficient (Wildman–Crippen LogP) is 7.51. The first-order valence-electron chi connectivity index (χ1n) is 12.5. The lowest BCUT2D eigenvalue weighted by Gasteiger charge is -2.38. The van der Waals surface area contributed by atoms with Gasteiger partial charge in [-0.1, -0.05) is 65.1 Å². The summed E-state index contributed by atoms with van der Waals surface area (Å²) >= 11 is 6.85. The van der Waals surface area contributed by atoms with Gasteiger partial charge in [0.15, 0.2) is 5.52 Å². The fraction of sp³-hybridized carbons (Fsp3) is 0.393. The van der Waals surface area contributed by atoms with Gasteiger partial charge in [0.2, 0.25) is 0 Å². The summed E-state index contributed by atoms with van der Waals surface area (Å²) in [7, 11) is -0.411. The van der Waals surface area contributed by atoms with E-state index in [1.54, 1.807) is 29.8 Å². The number of pyridine rings is 2. The first kappa shape index (κ1) is 27.9. The largest absolute Gasteiger partial charge is 0.433 e. The van der Waals surface area contributed by atoms with Crippen LogP contribution in [0.25, 0.3) is 27.8 Å². The van der Waals surface area contributed by atoms with Crippen molar-refractivity contribution in [3.05, 3.63) is 63.3 Å². The van der Waals surface area contributed by atoms with E-state index >= 15 is 0 Å². The lowest BCUT2D eigenvalue weighted by Crippen LogP contribution is -2.43. The molecule has 0 saturated carbocycles. The molecular weight excluding hydrogens is 529 g/mol. The Morgan fingerprint density at radius 2 is 1.63 bits per heavy atom. The maximum atomic E-state index is 13.6. The molecule has 5 nitrogen and oxygen atoms in total. The van der Waals surface area contributed by atoms with Gasteiger partial charge in [-0.05, 0) is 40.9 Å². The summed E-state index contributed by atoms with van der Waals surface area (Å²) in [6.45, 7) is 13.2. The second-order valence-corrected chi connectivity index (χ2v) is 16.5. The smallest absolute Gasteiger partial charge is 0.333 e. The highest BCUT2D eigenvalue weighted by Crippen LogP contribution is 2.41. The number of halogens is 4. The molecule has 0 spiro atoms. The summed E-state index contributed by atoms with van der Waals surface area (Å²) < 4.78 is 43.6. The monoisotopic (exact) mass is 558 g/mol. The number of rotatable bonds is 4. The van der Waals surface area contributed by atoms with E-state index in [9.17, 15) is 18.0 Å². The van der Waals surface area contributed by atoms with Crippen LogP contribution >= 0.6 is 11.6 Å². The summed E-state index contributed by atoms with van der Waals surface area (Å²) in [4.78, 5) is 21.8. The minimum absolute atomic E-state index is 0.111. The van der Waals surface area contributed by atoms with Crippen molar-refractivity contribution in [2.45, 2.75) is 64.3 Å². The van der Waals surface area contributed by atoms with E-state index in [1.807, 2.05) is 0 Å². The molecule has 0 aliphatic rings. The minimum atomic E-state index is -4.69. The summed E-state index contributed by atoms with van der Waals surface area (Å²) in [5.41, 5.74) is 4.19. The van der Waals surface area contributed by atoms with Crippen LogP contribution in [0.4, 0.5) is 13.2 Å². The van der Waals surface area contributed by atoms with E-state index in [0.29, 0.717) is 33.1 Å². The SMILES string of the molecule is CC(C)[Si](C#Cc1cccc(-n2c(=O)c3ncn(C)c3c3ccc(C(F)(F)F)nc32)c1Cl)(C(C)C)C(C)C. The van der Waals surface area contributed by atoms with Crippen molar-refractivity contribution in [2.75, 3.05) is 0 Å². The van der Waals surface area contributed by atoms with Crippen LogP contribution in [0, 0.1) is 11.5 Å². The number of aryl methyl sites for hydroxylation is 1. The third kappa shape index (κ3) is 4.44. The Labute approximate surface area is 225 Å². The molecule has 200 valence electrons. The van der Waals surface area contributed by atoms with Crippen molar-refractivity contribution in [3.8, 4) is 17.2 Å². The van der Waals surface area contributed by atoms with Gasteiger partial charge in [-0.3, -0.25) is 9.36 Å². The zero-order chi connectivity index (χ0) is 28.2. The normalized spacial score (nSPS) is 12.7. The van der Waals surface area contributed by atoms with E-state index in [0.717, 1.165) is 10.6 Å². The molecule has 0 atom stereocenters. The highest BCUT2D eigenvalue weighted by Gasteiger charge is 2.41. The molecule has 0 fully saturated rings. The number of fused-ring (bicyclic) bond motifs is 3. The first-order valence-corrected chi connectivity index (χ1v) is 15.1. The van der Waals surface area contributed by atoms with E-state index in [-0.39, 0.29) is 21.9 Å². The van der Waals surface area contributed by atoms with E-state index in [4.69, 9.17) is 11.6 Å². The third-order valence-corrected chi connectivity index (χ3v) is 14.2. The van der Waals surface area contributed by atoms with E-state index in [1.165, 1.54) is 12.4 Å². The zero-order valence-electron chi connectivity index (χ0n) is 22.4. The molecule has 4 aromatic rings. The van der Waals surface area contributed by atoms with Crippen molar-refractivity contribution in [1.29, 1.82) is 0 Å². The fourth-order valence-corrected chi connectivity index (χ4v) is 11.2. The number of imidazole rings is 1. The maximum Gasteiger partial charge on any atom is 0.433 e. The van der Waals surface area contributed by atoms with Crippen molar-refractivity contribution >= 4 is 41.7 Å². The number of nitrogens with zero attached hydrogens (tertiary/aromatic N) is 4. The van der Waals surface area contributed by atoms with Gasteiger partial charge in [-0.2, -0.15) is 13.2 Å². The lowest BCUT2D eigenvalue weighted by molar-refractivity contribution is -0.141. The second kappa shape index (κ2) is 9.90. The Morgan fingerprint density at radius 1 is 1.00 bits per heavy atom. The second-order valence-electron chi connectivity index (χ2n) is 10.5. The van der Waals surface area contributed by atoms with Crippen LogP contribution < -0.4 is 5.56 Å². The molecule has 38 heavy (non-hydrogen) atoms. The molecule has 3 aromatic heterocycles. The van der Waals surface area contributed by atoms with Gasteiger partial charge < -0.3 is 4.57 Å². The molecule has 0 aliphatic heterocycles. The Bertz CT molecular complexity index is 1640. The molecule has 0 N–H and O–H groups in total. The lowest BCUT2D eigenvalue weighted by atomic mass is 10.1. The topological polar surface area (TPSA) is 52.7 Å². The van der Waals surface area contributed by atoms with Crippen molar-refractivity contribution in [3.63, 3.8) is 0 Å². The van der Waals surface area contributed by atoms with Gasteiger partial charge in [0, 0.05) is 18.0 Å². The van der Waals surface area contributed by atoms with Crippen molar-refractivity contribution < 1.29 is 13.2 Å². The van der Waals surface area contributed by atoms with Crippen LogP contribution in [0.5, 0.6) is 0 Å². The van der Waals surface area contributed by atoms with Gasteiger partial charge in [0.05, 0.1) is 22.6 Å². The van der Waals surface area contributed by atoms with Crippen LogP contribution in [0.2, 0.25) is 21.6 Å². The molecule has 0 amide bonds. The summed E-state index contributed by atoms with van der Waals surface area (Å²) in [6, 6.07) is 7.27. The van der Waals surface area contributed by atoms with Gasteiger partial charge >= 0.3 is 6.18 Å². The summed E-state index contributed by atoms with van der Waals surface area (Å²) in [6.07, 6.45) is -3.24. The quantitative estimate of drug-likeness (QED) is 0.192. The summed E-state index contributed by atoms with van der Waals surface area (Å²) in [5.74, 6) is 3.30. The highest BCUT2D eigenvalue weighted by molar-refractivity contribution is 6.90. The maximum absolute atomic E-state index is 13.6. The predicted molar refractivity (Wildman–Crippen MR) is 150 cm³/mol. The molecular formula is C28H30ClF3N4OSi. The number of alkyl halides is 3. The molecule has 3 heterocycles. The third-order valence-electron chi connectivity index (χ3n) is 7.47. The van der Waals surface area contributed by atoms with Gasteiger partial charge in [0.1, 0.15) is 19.4 Å². The van der Waals surface area contributed by atoms with Crippen LogP contribution in [0.15, 0.2) is 41.5 Å². The molecule has 10 heteroatoms. The van der Waals surface area contributed by atoms with Crippen molar-refractivity contribution in [2.24, 2.45) is 7.05 Å². The Morgan fingerprint density at radius 3 is 2.21 bits per heavy atom. The van der Waals surface area contributed by atoms with Crippen molar-refractivity contribution in [1.82, 2.24) is 19.1 Å². The van der Waals surface area contributed by atoms with Gasteiger partial charge in [-0.25, -0.2) is 9.97 Å². The molecule has 1 aromatic carbocycles. The van der Waals surface area contributed by atoms with E-state index < -0.39 is 25.5 Å². The average molecular weight is 559 g/mol. The molecule has 0 aliphatic carbocycles. The Balaban J connectivity index is 2.05. The molecule has 0 unspecified atom stereocenters. The Hall–Kier alpha value is -3.09. The van der Waals surface area contributed by atoms with Gasteiger partial charge in [-0.15, -0.1) is 5.54 Å². The van der Waals surface area contributed by atoms with E-state index in [2.05, 4.69) is 63.0 Å². The number of hydrogen-bond acceptors (Lipinski definition) is 3. The number of hydrogen-bond donors (Lipinski definition) is 0. The standard InChI is InChI=1S/C28H30ClF3N4OSi/c1-16(2)38(17(3)4,18(5)6)14-13-19-9-8-10-21(23(19)29)36-26-20(11-12-22(34-26)28(30,31)32)25-24(27(36)37)33-15-35(25)7/h8-12,15-18H,1-7H3. The van der Waals surface area contributed by atoms with Gasteiger partial charge in [0.25, 0.3) is 5.56 Å². The molecule has 0 bridgehead atoms. The molecule has 0 radical (unpaired) electrons. The van der Waals surface area contributed by atoms with Crippen LogP contribution in [-0.4, -0.2) is 27.2 Å². The Kier molecular flexibility index (Phi) is 7.27. The molecule has 4 rings (SSSR count). The van der Waals surface area contributed by atoms with Crippen LogP contribution in [-0.2, 0) is 13.2 Å². The number of benzene rings is 1. The highest BCUT2D eigenvalue weighted by atomic mass is 35.5. The fourth-order valence-electron chi connectivity index (χ4n) is 5.69. The van der Waals surface area contributed by atoms with Crippen LogP contribution in [0.3, 0.4) is 0 Å². The number of aromatic nitrogens is 4. The zero-order valence-corrected chi connectivity index (χ0v) is 24.2. The average Bonchev–Trinajstić information content (AvgIpc) is 3.21. The molecule has 0 saturated heterocycles. The first-order chi connectivity index (χ1) is 17.7. The summed E-state index contributed by atoms with van der Waals surface area (Å²) in [5, 5.41) is 0.531. The minimum Gasteiger partial charge on any atom is -0.333 e. The van der Waals surface area contributed by atoms with Crippen LogP contribution in [0.1, 0.15) is 52.8 Å².